The minimum absolute atomic E-state index is 0.120. The predicted molar refractivity (Wildman–Crippen MR) is 66.9 cm³/mol. The Kier molecular flexibility index (Phi) is 3.32. The third-order valence-corrected chi connectivity index (χ3v) is 3.87. The molecule has 5 heteroatoms. The molecule has 1 aliphatic heterocycles. The molecule has 94 valence electrons. The fourth-order valence-corrected chi connectivity index (χ4v) is 2.77. The van der Waals surface area contributed by atoms with Gasteiger partial charge in [0.15, 0.2) is 11.5 Å². The average molecular weight is 304 g/mol. The van der Waals surface area contributed by atoms with Crippen molar-refractivity contribution >= 4 is 15.9 Å². The van der Waals surface area contributed by atoms with Crippen molar-refractivity contribution in [3.63, 3.8) is 0 Å². The molecule has 1 heterocycles. The summed E-state index contributed by atoms with van der Waals surface area (Å²) >= 11 is 3.15. The normalized spacial score (nSPS) is 24.0. The van der Waals surface area contributed by atoms with E-state index in [0.29, 0.717) is 4.47 Å². The van der Waals surface area contributed by atoms with Crippen LogP contribution in [-0.2, 0) is 5.54 Å². The van der Waals surface area contributed by atoms with E-state index in [1.165, 1.54) is 13.2 Å². The monoisotopic (exact) mass is 303 g/mol. The molecule has 1 saturated heterocycles. The van der Waals surface area contributed by atoms with Crippen molar-refractivity contribution in [1.29, 1.82) is 0 Å². The minimum atomic E-state index is -0.536. The molecule has 0 aliphatic carbocycles. The van der Waals surface area contributed by atoms with E-state index >= 15 is 0 Å². The smallest absolute Gasteiger partial charge is 0.165 e. The van der Waals surface area contributed by atoms with E-state index in [0.717, 1.165) is 19.4 Å². The second-order valence-corrected chi connectivity index (χ2v) is 5.32. The first-order valence-electron chi connectivity index (χ1n) is 5.50. The molecule has 0 bridgehead atoms. The largest absolute Gasteiger partial charge is 0.504 e. The van der Waals surface area contributed by atoms with Crippen molar-refractivity contribution in [2.45, 2.75) is 25.3 Å². The van der Waals surface area contributed by atoms with Gasteiger partial charge in [-0.1, -0.05) is 0 Å². The summed E-state index contributed by atoms with van der Waals surface area (Å²) in [5, 5.41) is 13.3. The Morgan fingerprint density at radius 1 is 1.59 bits per heavy atom. The third-order valence-electron chi connectivity index (χ3n) is 3.30. The molecule has 3 nitrogen and oxygen atoms in total. The number of halogens is 2. The van der Waals surface area contributed by atoms with Crippen LogP contribution in [0.15, 0.2) is 10.5 Å². The number of aromatic hydroxyl groups is 1. The van der Waals surface area contributed by atoms with Crippen LogP contribution in [0.3, 0.4) is 0 Å². The van der Waals surface area contributed by atoms with Crippen LogP contribution in [0.1, 0.15) is 25.3 Å². The lowest BCUT2D eigenvalue weighted by Gasteiger charge is -2.27. The van der Waals surface area contributed by atoms with Gasteiger partial charge in [0.2, 0.25) is 0 Å². The maximum atomic E-state index is 14.2. The molecular formula is C12H15BrFNO2. The Morgan fingerprint density at radius 3 is 2.82 bits per heavy atom. The van der Waals surface area contributed by atoms with Crippen molar-refractivity contribution in [2.24, 2.45) is 0 Å². The van der Waals surface area contributed by atoms with Gasteiger partial charge in [-0.25, -0.2) is 4.39 Å². The third kappa shape index (κ3) is 2.02. The van der Waals surface area contributed by atoms with Gasteiger partial charge in [-0.3, -0.25) is 0 Å². The van der Waals surface area contributed by atoms with Crippen LogP contribution in [0.4, 0.5) is 4.39 Å². The molecule has 0 saturated carbocycles. The summed E-state index contributed by atoms with van der Waals surface area (Å²) in [5.41, 5.74) is -0.258. The van der Waals surface area contributed by atoms with Crippen molar-refractivity contribution in [1.82, 2.24) is 5.32 Å². The van der Waals surface area contributed by atoms with Crippen LogP contribution in [0, 0.1) is 5.82 Å². The van der Waals surface area contributed by atoms with E-state index in [4.69, 9.17) is 4.74 Å². The van der Waals surface area contributed by atoms with Crippen LogP contribution < -0.4 is 10.1 Å². The van der Waals surface area contributed by atoms with Crippen LogP contribution in [0.5, 0.6) is 11.5 Å². The lowest BCUT2D eigenvalue weighted by atomic mass is 9.89. The highest BCUT2D eigenvalue weighted by atomic mass is 79.9. The molecule has 1 aromatic rings. The number of ether oxygens (including phenoxy) is 1. The summed E-state index contributed by atoms with van der Waals surface area (Å²) in [6, 6.07) is 1.44. The molecule has 1 aromatic carbocycles. The maximum absolute atomic E-state index is 14.2. The predicted octanol–water partition coefficient (Wildman–Crippen LogP) is 2.90. The molecule has 0 amide bonds. The molecule has 0 radical (unpaired) electrons. The number of phenolic OH excluding ortho intramolecular Hbond substituents is 1. The fraction of sp³-hybridized carbons (Fsp3) is 0.500. The molecule has 17 heavy (non-hydrogen) atoms. The molecular weight excluding hydrogens is 289 g/mol. The zero-order valence-corrected chi connectivity index (χ0v) is 11.4. The van der Waals surface area contributed by atoms with Crippen LogP contribution >= 0.6 is 15.9 Å². The van der Waals surface area contributed by atoms with Crippen molar-refractivity contribution < 1.29 is 14.2 Å². The second-order valence-electron chi connectivity index (χ2n) is 4.46. The van der Waals surface area contributed by atoms with Gasteiger partial charge in [-0.2, -0.15) is 0 Å². The maximum Gasteiger partial charge on any atom is 0.165 e. The summed E-state index contributed by atoms with van der Waals surface area (Å²) < 4.78 is 19.5. The summed E-state index contributed by atoms with van der Waals surface area (Å²) in [6.45, 7) is 2.72. The Hall–Kier alpha value is -0.810. The highest BCUT2D eigenvalue weighted by Crippen LogP contribution is 2.44. The van der Waals surface area contributed by atoms with Gasteiger partial charge in [-0.05, 0) is 42.2 Å². The molecule has 1 fully saturated rings. The number of phenols is 1. The van der Waals surface area contributed by atoms with Crippen molar-refractivity contribution in [3.05, 3.63) is 21.9 Å². The Bertz CT molecular complexity index is 445. The summed E-state index contributed by atoms with van der Waals surface area (Å²) in [4.78, 5) is 0. The fourth-order valence-electron chi connectivity index (χ4n) is 2.36. The summed E-state index contributed by atoms with van der Waals surface area (Å²) in [7, 11) is 1.45. The Morgan fingerprint density at radius 2 is 2.29 bits per heavy atom. The number of methoxy groups -OCH3 is 1. The Labute approximate surface area is 108 Å². The van der Waals surface area contributed by atoms with Gasteiger partial charge in [0.05, 0.1) is 17.1 Å². The lowest BCUT2D eigenvalue weighted by Crippen LogP contribution is -2.34. The average Bonchev–Trinajstić information content (AvgIpc) is 2.71. The molecule has 2 N–H and O–H groups in total. The van der Waals surface area contributed by atoms with Gasteiger partial charge in [0.1, 0.15) is 5.82 Å². The Balaban J connectivity index is 2.62. The van der Waals surface area contributed by atoms with Gasteiger partial charge in [0, 0.05) is 11.6 Å². The van der Waals surface area contributed by atoms with Gasteiger partial charge in [-0.15, -0.1) is 0 Å². The topological polar surface area (TPSA) is 41.5 Å². The summed E-state index contributed by atoms with van der Waals surface area (Å²) in [6.07, 6.45) is 1.75. The van der Waals surface area contributed by atoms with Crippen LogP contribution in [0.25, 0.3) is 0 Å². The highest BCUT2D eigenvalue weighted by molar-refractivity contribution is 9.10. The van der Waals surface area contributed by atoms with Gasteiger partial charge < -0.3 is 15.2 Å². The first-order chi connectivity index (χ1) is 7.99. The molecule has 0 aromatic heterocycles. The second kappa shape index (κ2) is 4.46. The van der Waals surface area contributed by atoms with E-state index < -0.39 is 11.4 Å². The van der Waals surface area contributed by atoms with E-state index in [2.05, 4.69) is 21.2 Å². The van der Waals surface area contributed by atoms with E-state index in [-0.39, 0.29) is 17.1 Å². The molecule has 0 spiro atoms. The molecule has 1 atom stereocenters. The lowest BCUT2D eigenvalue weighted by molar-refractivity contribution is 0.339. The number of hydrogen-bond acceptors (Lipinski definition) is 3. The van der Waals surface area contributed by atoms with Crippen LogP contribution in [0.2, 0.25) is 0 Å². The number of rotatable bonds is 2. The number of nitrogens with one attached hydrogen (secondary N) is 1. The molecule has 2 rings (SSSR count). The van der Waals surface area contributed by atoms with E-state index in [9.17, 15) is 9.50 Å². The molecule has 1 unspecified atom stereocenters. The van der Waals surface area contributed by atoms with Crippen molar-refractivity contribution in [3.8, 4) is 11.5 Å². The quantitative estimate of drug-likeness (QED) is 0.883. The minimum Gasteiger partial charge on any atom is -0.504 e. The summed E-state index contributed by atoms with van der Waals surface area (Å²) in [5.74, 6) is -0.270. The van der Waals surface area contributed by atoms with Crippen molar-refractivity contribution in [2.75, 3.05) is 13.7 Å². The van der Waals surface area contributed by atoms with E-state index in [1.807, 2.05) is 6.92 Å². The SMILES string of the molecule is COc1cc(Br)c(F)c(C2(C)CCCN2)c1O. The standard InChI is InChI=1S/C12H15BrFNO2/c1-12(4-3-5-15-12)9-10(14)7(13)6-8(17-2)11(9)16/h6,15-16H,3-5H2,1-2H3. The van der Waals surface area contributed by atoms with Crippen LogP contribution in [-0.4, -0.2) is 18.8 Å². The first kappa shape index (κ1) is 12.6. The first-order valence-corrected chi connectivity index (χ1v) is 6.29. The van der Waals surface area contributed by atoms with Gasteiger partial charge >= 0.3 is 0 Å². The zero-order chi connectivity index (χ0) is 12.6. The van der Waals surface area contributed by atoms with E-state index in [1.54, 1.807) is 0 Å². The number of hydrogen-bond donors (Lipinski definition) is 2. The zero-order valence-electron chi connectivity index (χ0n) is 9.81. The molecule has 1 aliphatic rings. The van der Waals surface area contributed by atoms with Gasteiger partial charge in [0.25, 0.3) is 0 Å². The number of benzene rings is 1. The highest BCUT2D eigenvalue weighted by Gasteiger charge is 2.37.